The number of hydrogen-bond donors (Lipinski definition) is 3. The highest BCUT2D eigenvalue weighted by molar-refractivity contribution is 7.92. The zero-order valence-electron chi connectivity index (χ0n) is 18.7. The molecule has 0 amide bonds. The Morgan fingerprint density at radius 2 is 1.97 bits per heavy atom. The minimum absolute atomic E-state index is 0.0228. The van der Waals surface area contributed by atoms with Gasteiger partial charge < -0.3 is 10.3 Å². The minimum Gasteiger partial charge on any atom is -0.332 e. The van der Waals surface area contributed by atoms with Gasteiger partial charge in [0.05, 0.1) is 40.1 Å². The zero-order valence-corrected chi connectivity index (χ0v) is 20.3. The summed E-state index contributed by atoms with van der Waals surface area (Å²) in [5, 5.41) is 3.41. The van der Waals surface area contributed by atoms with E-state index in [1.54, 1.807) is 6.92 Å². The first-order valence-electron chi connectivity index (χ1n) is 10.9. The van der Waals surface area contributed by atoms with Gasteiger partial charge in [-0.2, -0.15) is 0 Å². The van der Waals surface area contributed by atoms with Gasteiger partial charge in [-0.25, -0.2) is 30.6 Å². The predicted molar refractivity (Wildman–Crippen MR) is 125 cm³/mol. The highest BCUT2D eigenvalue weighted by Crippen LogP contribution is 2.30. The maximum Gasteiger partial charge on any atom is 0.232 e. The molecular weight excluding hydrogens is 504 g/mol. The number of carbonyl (C=O) groups is 1. The number of sulfone groups is 1. The molecule has 14 heteroatoms. The van der Waals surface area contributed by atoms with Crippen LogP contribution in [0, 0.1) is 11.6 Å². The molecule has 3 aromatic rings. The first kappa shape index (κ1) is 25.0. The lowest BCUT2D eigenvalue weighted by Gasteiger charge is -2.20. The number of anilines is 2. The van der Waals surface area contributed by atoms with Crippen LogP contribution in [0.5, 0.6) is 0 Å². The Balaban J connectivity index is 1.71. The van der Waals surface area contributed by atoms with Crippen molar-refractivity contribution in [2.45, 2.75) is 32.2 Å². The fourth-order valence-electron chi connectivity index (χ4n) is 3.99. The summed E-state index contributed by atoms with van der Waals surface area (Å²) in [5.41, 5.74) is -1.28. The molecule has 0 unspecified atom stereocenters. The average molecular weight is 529 g/mol. The number of carbonyl (C=O) groups excluding carboxylic acids is 1. The highest BCUT2D eigenvalue weighted by atomic mass is 32.2. The third kappa shape index (κ3) is 5.27. The average Bonchev–Trinajstić information content (AvgIpc) is 3.22. The number of aromatic nitrogens is 3. The Hall–Kier alpha value is -3.13. The molecule has 1 fully saturated rings. The largest absolute Gasteiger partial charge is 0.332 e. The van der Waals surface area contributed by atoms with Crippen molar-refractivity contribution in [1.82, 2.24) is 9.97 Å². The number of H-pyrrole nitrogens is 2. The summed E-state index contributed by atoms with van der Waals surface area (Å²) in [5.74, 6) is -3.38. The number of halogens is 2. The van der Waals surface area contributed by atoms with Gasteiger partial charge in [0.1, 0.15) is 11.2 Å². The first-order valence-corrected chi connectivity index (χ1v) is 14.4. The van der Waals surface area contributed by atoms with Crippen LogP contribution < -0.4 is 15.0 Å². The van der Waals surface area contributed by atoms with Crippen molar-refractivity contribution in [3.8, 4) is 0 Å². The Labute approximate surface area is 200 Å². The van der Waals surface area contributed by atoms with Gasteiger partial charge >= 0.3 is 0 Å². The van der Waals surface area contributed by atoms with Crippen LogP contribution in [0.1, 0.15) is 42.1 Å². The van der Waals surface area contributed by atoms with Gasteiger partial charge in [-0.15, -0.1) is 0 Å². The van der Waals surface area contributed by atoms with Crippen molar-refractivity contribution in [1.29, 1.82) is 0 Å². The zero-order chi connectivity index (χ0) is 25.4. The molecule has 4 rings (SSSR count). The molecule has 0 bridgehead atoms. The Morgan fingerprint density at radius 1 is 1.26 bits per heavy atom. The molecule has 0 atom stereocenters. The van der Waals surface area contributed by atoms with Gasteiger partial charge in [0.25, 0.3) is 0 Å². The van der Waals surface area contributed by atoms with Crippen molar-refractivity contribution < 1.29 is 35.4 Å². The lowest BCUT2D eigenvalue weighted by atomic mass is 10.0. The summed E-state index contributed by atoms with van der Waals surface area (Å²) in [6.07, 6.45) is 3.62. The highest BCUT2D eigenvalue weighted by Gasteiger charge is 2.30. The van der Waals surface area contributed by atoms with E-state index < -0.39 is 48.5 Å². The fraction of sp³-hybridized carbons (Fsp3) is 0.381. The predicted octanol–water partition coefficient (Wildman–Crippen LogP) is 2.03. The van der Waals surface area contributed by atoms with Crippen molar-refractivity contribution in [3.63, 3.8) is 0 Å². The van der Waals surface area contributed by atoms with Crippen molar-refractivity contribution in [2.24, 2.45) is 0 Å². The summed E-state index contributed by atoms with van der Waals surface area (Å²) in [4.78, 5) is 23.1. The van der Waals surface area contributed by atoms with Crippen LogP contribution in [0.3, 0.4) is 0 Å². The number of benzene rings is 1. The van der Waals surface area contributed by atoms with Crippen molar-refractivity contribution in [3.05, 3.63) is 47.4 Å². The van der Waals surface area contributed by atoms with Crippen LogP contribution in [0.15, 0.2) is 24.7 Å². The molecular formula is C21H24F2N5O5S2+. The number of ketones is 1. The van der Waals surface area contributed by atoms with Crippen LogP contribution in [0.25, 0.3) is 11.0 Å². The molecule has 10 nitrogen and oxygen atoms in total. The van der Waals surface area contributed by atoms with Gasteiger partial charge in [-0.05, 0) is 31.4 Å². The van der Waals surface area contributed by atoms with E-state index in [0.717, 1.165) is 12.1 Å². The molecule has 0 saturated carbocycles. The molecule has 4 N–H and O–H groups in total. The monoisotopic (exact) mass is 528 g/mol. The number of sulfonamides is 1. The van der Waals surface area contributed by atoms with E-state index >= 15 is 4.39 Å². The summed E-state index contributed by atoms with van der Waals surface area (Å²) in [6, 6.07) is 1.53. The topological polar surface area (TPSA) is 152 Å². The Bertz CT molecular complexity index is 1490. The lowest BCUT2D eigenvalue weighted by Crippen LogP contribution is -2.34. The number of hydrogen-bond acceptors (Lipinski definition) is 7. The van der Waals surface area contributed by atoms with Crippen LogP contribution >= 0.6 is 0 Å². The Morgan fingerprint density at radius 3 is 2.66 bits per heavy atom. The van der Waals surface area contributed by atoms with Crippen LogP contribution in [0.4, 0.5) is 20.3 Å². The molecule has 0 radical (unpaired) electrons. The minimum atomic E-state index is -3.88. The molecule has 1 saturated heterocycles. The van der Waals surface area contributed by atoms with Gasteiger partial charge in [-0.3, -0.25) is 9.52 Å². The third-order valence-electron chi connectivity index (χ3n) is 5.72. The second kappa shape index (κ2) is 9.49. The van der Waals surface area contributed by atoms with E-state index in [-0.39, 0.29) is 46.3 Å². The standard InChI is InChI=1S/C21H23F2N5O5S2/c1-2-7-35(32,33)28-15-4-3-14(22)17(18(15)23)19(29)13-10-24-20-16(13)21(26-11-25-20)27-12-5-8-34(30,31)9-6-12/h3-4,10-12,28H,2,5-9H2,1H3,(H2,24,25,26,27)/p+1. The summed E-state index contributed by atoms with van der Waals surface area (Å²) >= 11 is 0. The molecule has 1 aliphatic rings. The number of aromatic amines is 2. The van der Waals surface area contributed by atoms with E-state index in [4.69, 9.17) is 0 Å². The van der Waals surface area contributed by atoms with Crippen LogP contribution in [-0.4, -0.2) is 55.9 Å². The van der Waals surface area contributed by atoms with E-state index in [1.807, 2.05) is 0 Å². The van der Waals surface area contributed by atoms with E-state index in [0.29, 0.717) is 18.7 Å². The van der Waals surface area contributed by atoms with E-state index in [1.165, 1.54) is 12.5 Å². The maximum atomic E-state index is 15.2. The van der Waals surface area contributed by atoms with Gasteiger partial charge in [0, 0.05) is 6.20 Å². The third-order valence-corrected chi connectivity index (χ3v) is 8.91. The summed E-state index contributed by atoms with van der Waals surface area (Å²) in [6.45, 7) is 1.63. The molecule has 2 aromatic heterocycles. The van der Waals surface area contributed by atoms with Crippen LogP contribution in [-0.2, 0) is 19.9 Å². The normalized spacial score (nSPS) is 16.3. The second-order valence-corrected chi connectivity index (χ2v) is 12.5. The summed E-state index contributed by atoms with van der Waals surface area (Å²) in [7, 11) is -6.96. The first-order chi connectivity index (χ1) is 16.5. The number of rotatable bonds is 8. The van der Waals surface area contributed by atoms with E-state index in [2.05, 4.69) is 25.0 Å². The van der Waals surface area contributed by atoms with Crippen molar-refractivity contribution >= 4 is 48.2 Å². The molecule has 3 heterocycles. The molecule has 35 heavy (non-hydrogen) atoms. The van der Waals surface area contributed by atoms with E-state index in [9.17, 15) is 26.0 Å². The second-order valence-electron chi connectivity index (χ2n) is 8.31. The van der Waals surface area contributed by atoms with Gasteiger partial charge in [0.2, 0.25) is 33.6 Å². The molecule has 0 spiro atoms. The van der Waals surface area contributed by atoms with Crippen molar-refractivity contribution in [2.75, 3.05) is 27.3 Å². The lowest BCUT2D eigenvalue weighted by molar-refractivity contribution is -0.364. The molecule has 188 valence electrons. The van der Waals surface area contributed by atoms with Gasteiger partial charge in [0.15, 0.2) is 15.7 Å². The number of nitrogens with zero attached hydrogens (tertiary/aromatic N) is 1. The molecule has 1 aromatic carbocycles. The molecule has 0 aliphatic carbocycles. The SMILES string of the molecule is CCCS(=O)(=O)Nc1ccc(F)c(C(=O)c2c[nH]c3nc[nH+]c(NC4CCS(=O)(=O)CC4)c23)c1F. The fourth-order valence-corrected chi connectivity index (χ4v) is 6.62. The maximum absolute atomic E-state index is 15.2. The summed E-state index contributed by atoms with van der Waals surface area (Å²) < 4.78 is 79.5. The number of fused-ring (bicyclic) bond motifs is 1. The smallest absolute Gasteiger partial charge is 0.232 e. The number of nitrogens with one attached hydrogen (secondary N) is 4. The quantitative estimate of drug-likeness (QED) is 0.378. The Kier molecular flexibility index (Phi) is 6.77. The van der Waals surface area contributed by atoms with Gasteiger partial charge in [-0.1, -0.05) is 11.9 Å². The van der Waals surface area contributed by atoms with Crippen LogP contribution in [0.2, 0.25) is 0 Å². The molecule has 1 aliphatic heterocycles.